The first-order chi connectivity index (χ1) is 5.60. The molecule has 1 unspecified atom stereocenters. The molecule has 0 aromatic heterocycles. The Morgan fingerprint density at radius 2 is 2.00 bits per heavy atom. The van der Waals surface area contributed by atoms with Gasteiger partial charge < -0.3 is 5.32 Å². The Balaban J connectivity index is 4.13. The molecule has 0 heterocycles. The topological polar surface area (TPSA) is 29.1 Å². The predicted octanol–water partition coefficient (Wildman–Crippen LogP) is 2.34. The van der Waals surface area contributed by atoms with Crippen LogP contribution < -0.4 is 5.32 Å². The number of hydrogen-bond donors (Lipinski definition) is 1. The minimum absolute atomic E-state index is 0.148. The van der Waals surface area contributed by atoms with Crippen molar-refractivity contribution in [2.75, 3.05) is 7.05 Å². The van der Waals surface area contributed by atoms with Crippen LogP contribution in [0, 0.1) is 5.41 Å². The highest BCUT2D eigenvalue weighted by Gasteiger charge is 2.29. The van der Waals surface area contributed by atoms with E-state index in [0.29, 0.717) is 0 Å². The van der Waals surface area contributed by atoms with Gasteiger partial charge in [0.25, 0.3) is 0 Å². The van der Waals surface area contributed by atoms with Gasteiger partial charge in [-0.1, -0.05) is 33.6 Å². The highest BCUT2D eigenvalue weighted by atomic mass is 16.2. The molecule has 0 spiro atoms. The van der Waals surface area contributed by atoms with Gasteiger partial charge in [0.05, 0.1) is 0 Å². The summed E-state index contributed by atoms with van der Waals surface area (Å²) in [4.78, 5) is 11.5. The third-order valence-electron chi connectivity index (χ3n) is 2.64. The number of rotatable bonds is 5. The van der Waals surface area contributed by atoms with E-state index in [9.17, 15) is 4.79 Å². The van der Waals surface area contributed by atoms with E-state index in [1.165, 1.54) is 0 Å². The van der Waals surface area contributed by atoms with Crippen molar-refractivity contribution < 1.29 is 4.79 Å². The maximum Gasteiger partial charge on any atom is 0.225 e. The smallest absolute Gasteiger partial charge is 0.225 e. The standard InChI is InChI=1S/C10H21NO/c1-5-7-8-10(3,6-2)9(12)11-4/h5-8H2,1-4H3,(H,11,12). The van der Waals surface area contributed by atoms with E-state index in [4.69, 9.17) is 0 Å². The average Bonchev–Trinajstić information content (AvgIpc) is 2.12. The number of carbonyl (C=O) groups excluding carboxylic acids is 1. The van der Waals surface area contributed by atoms with Gasteiger partial charge in [-0.2, -0.15) is 0 Å². The van der Waals surface area contributed by atoms with E-state index in [1.807, 2.05) is 6.92 Å². The van der Waals surface area contributed by atoms with E-state index in [-0.39, 0.29) is 11.3 Å². The minimum atomic E-state index is -0.148. The number of nitrogens with one attached hydrogen (secondary N) is 1. The van der Waals surface area contributed by atoms with Gasteiger partial charge in [0.15, 0.2) is 0 Å². The second kappa shape index (κ2) is 5.18. The van der Waals surface area contributed by atoms with Crippen LogP contribution in [0.4, 0.5) is 0 Å². The molecule has 0 rings (SSSR count). The number of hydrogen-bond acceptors (Lipinski definition) is 1. The lowest BCUT2D eigenvalue weighted by atomic mass is 9.81. The monoisotopic (exact) mass is 171 g/mol. The van der Waals surface area contributed by atoms with E-state index < -0.39 is 0 Å². The zero-order chi connectivity index (χ0) is 9.61. The van der Waals surface area contributed by atoms with E-state index in [0.717, 1.165) is 25.7 Å². The highest BCUT2D eigenvalue weighted by Crippen LogP contribution is 2.27. The second-order valence-corrected chi connectivity index (χ2v) is 3.60. The zero-order valence-corrected chi connectivity index (χ0v) is 8.74. The third-order valence-corrected chi connectivity index (χ3v) is 2.64. The Labute approximate surface area is 75.7 Å². The first-order valence-electron chi connectivity index (χ1n) is 4.83. The molecule has 1 atom stereocenters. The van der Waals surface area contributed by atoms with Crippen molar-refractivity contribution in [1.29, 1.82) is 0 Å². The van der Waals surface area contributed by atoms with Crippen LogP contribution in [0.1, 0.15) is 46.5 Å². The summed E-state index contributed by atoms with van der Waals surface area (Å²) >= 11 is 0. The van der Waals surface area contributed by atoms with Crippen molar-refractivity contribution in [3.8, 4) is 0 Å². The summed E-state index contributed by atoms with van der Waals surface area (Å²) in [5.41, 5.74) is -0.148. The molecular formula is C10H21NO. The molecule has 72 valence electrons. The van der Waals surface area contributed by atoms with Crippen LogP contribution in [-0.2, 0) is 4.79 Å². The summed E-state index contributed by atoms with van der Waals surface area (Å²) in [6.45, 7) is 6.27. The summed E-state index contributed by atoms with van der Waals surface area (Å²) in [6.07, 6.45) is 4.22. The maximum atomic E-state index is 11.5. The molecule has 1 amide bonds. The summed E-state index contributed by atoms with van der Waals surface area (Å²) < 4.78 is 0. The summed E-state index contributed by atoms with van der Waals surface area (Å²) in [5.74, 6) is 0.179. The molecule has 2 nitrogen and oxygen atoms in total. The van der Waals surface area contributed by atoms with Crippen LogP contribution in [0.2, 0.25) is 0 Å². The van der Waals surface area contributed by atoms with E-state index in [1.54, 1.807) is 7.05 Å². The van der Waals surface area contributed by atoms with Crippen molar-refractivity contribution in [3.05, 3.63) is 0 Å². The van der Waals surface area contributed by atoms with Crippen LogP contribution in [0.5, 0.6) is 0 Å². The number of amides is 1. The number of unbranched alkanes of at least 4 members (excludes halogenated alkanes) is 1. The molecule has 0 aromatic carbocycles. The van der Waals surface area contributed by atoms with Crippen molar-refractivity contribution >= 4 is 5.91 Å². The normalized spacial score (nSPS) is 15.3. The van der Waals surface area contributed by atoms with Gasteiger partial charge in [-0.15, -0.1) is 0 Å². The highest BCUT2D eigenvalue weighted by molar-refractivity contribution is 5.81. The summed E-state index contributed by atoms with van der Waals surface area (Å²) in [7, 11) is 1.71. The molecule has 0 radical (unpaired) electrons. The van der Waals surface area contributed by atoms with Crippen molar-refractivity contribution in [2.45, 2.75) is 46.5 Å². The van der Waals surface area contributed by atoms with Gasteiger partial charge in [0.2, 0.25) is 5.91 Å². The van der Waals surface area contributed by atoms with Crippen LogP contribution in [-0.4, -0.2) is 13.0 Å². The first-order valence-corrected chi connectivity index (χ1v) is 4.83. The fraction of sp³-hybridized carbons (Fsp3) is 0.900. The number of carbonyl (C=O) groups is 1. The fourth-order valence-corrected chi connectivity index (χ4v) is 1.32. The molecule has 0 saturated heterocycles. The fourth-order valence-electron chi connectivity index (χ4n) is 1.32. The van der Waals surface area contributed by atoms with Crippen LogP contribution >= 0.6 is 0 Å². The SMILES string of the molecule is CCCCC(C)(CC)C(=O)NC. The molecule has 1 N–H and O–H groups in total. The lowest BCUT2D eigenvalue weighted by Gasteiger charge is -2.25. The minimum Gasteiger partial charge on any atom is -0.359 e. The molecular weight excluding hydrogens is 150 g/mol. The van der Waals surface area contributed by atoms with Gasteiger partial charge >= 0.3 is 0 Å². The largest absolute Gasteiger partial charge is 0.359 e. The van der Waals surface area contributed by atoms with Gasteiger partial charge in [0, 0.05) is 12.5 Å². The third kappa shape index (κ3) is 2.84. The summed E-state index contributed by atoms with van der Waals surface area (Å²) in [6, 6.07) is 0. The lowest BCUT2D eigenvalue weighted by molar-refractivity contribution is -0.130. The molecule has 0 bridgehead atoms. The van der Waals surface area contributed by atoms with Gasteiger partial charge in [0.1, 0.15) is 0 Å². The molecule has 0 aliphatic carbocycles. The molecule has 12 heavy (non-hydrogen) atoms. The molecule has 0 aliphatic heterocycles. The van der Waals surface area contributed by atoms with Crippen molar-refractivity contribution in [1.82, 2.24) is 5.32 Å². The second-order valence-electron chi connectivity index (χ2n) is 3.60. The van der Waals surface area contributed by atoms with Gasteiger partial charge in [-0.05, 0) is 12.8 Å². The molecule has 0 aliphatic rings. The Morgan fingerprint density at radius 3 is 2.33 bits per heavy atom. The van der Waals surface area contributed by atoms with E-state index in [2.05, 4.69) is 19.2 Å². The van der Waals surface area contributed by atoms with Crippen LogP contribution in [0.15, 0.2) is 0 Å². The van der Waals surface area contributed by atoms with E-state index >= 15 is 0 Å². The lowest BCUT2D eigenvalue weighted by Crippen LogP contribution is -2.36. The van der Waals surface area contributed by atoms with Crippen molar-refractivity contribution in [3.63, 3.8) is 0 Å². The zero-order valence-electron chi connectivity index (χ0n) is 8.74. The molecule has 0 fully saturated rings. The summed E-state index contributed by atoms with van der Waals surface area (Å²) in [5, 5.41) is 2.73. The average molecular weight is 171 g/mol. The van der Waals surface area contributed by atoms with Crippen LogP contribution in [0.25, 0.3) is 0 Å². The maximum absolute atomic E-state index is 11.5. The predicted molar refractivity (Wildman–Crippen MR) is 52.0 cm³/mol. The van der Waals surface area contributed by atoms with Gasteiger partial charge in [-0.25, -0.2) is 0 Å². The Bertz CT molecular complexity index is 145. The molecule has 2 heteroatoms. The Kier molecular flexibility index (Phi) is 4.95. The first kappa shape index (κ1) is 11.5. The van der Waals surface area contributed by atoms with Crippen molar-refractivity contribution in [2.24, 2.45) is 5.41 Å². The Morgan fingerprint density at radius 1 is 1.42 bits per heavy atom. The molecule has 0 saturated carbocycles. The van der Waals surface area contributed by atoms with Crippen LogP contribution in [0.3, 0.4) is 0 Å². The molecule has 0 aromatic rings. The Hall–Kier alpha value is -0.530. The van der Waals surface area contributed by atoms with Gasteiger partial charge in [-0.3, -0.25) is 4.79 Å². The quantitative estimate of drug-likeness (QED) is 0.676.